The monoisotopic (exact) mass is 389 g/mol. The molecule has 0 saturated carbocycles. The third-order valence-corrected chi connectivity index (χ3v) is 4.22. The zero-order valence-electron chi connectivity index (χ0n) is 15.4. The first-order valence-corrected chi connectivity index (χ1v) is 8.49. The Hall–Kier alpha value is -3.23. The van der Waals surface area contributed by atoms with Gasteiger partial charge in [0.05, 0.1) is 17.3 Å². The van der Waals surface area contributed by atoms with Crippen LogP contribution in [0, 0.1) is 6.92 Å². The summed E-state index contributed by atoms with van der Waals surface area (Å²) in [5.74, 6) is 0.528. The zero-order valence-corrected chi connectivity index (χ0v) is 15.4. The number of aryl methyl sites for hydroxylation is 1. The number of anilines is 1. The number of carbonyl (C=O) groups excluding carboxylic acids is 1. The predicted molar refractivity (Wildman–Crippen MR) is 98.9 cm³/mol. The van der Waals surface area contributed by atoms with E-state index in [0.29, 0.717) is 28.1 Å². The number of nitrogens with one attached hydrogen (secondary N) is 2. The number of benzene rings is 1. The second-order valence-electron chi connectivity index (χ2n) is 6.27. The molecule has 0 saturated heterocycles. The molecule has 1 amide bonds. The van der Waals surface area contributed by atoms with Gasteiger partial charge in [-0.25, -0.2) is 15.0 Å². The SMILES string of the molecule is CNC(=O)c1cc2c(NC(C)c3cccc(C(F)(F)F)c3)nc(C)nc2cn1. The maximum Gasteiger partial charge on any atom is 0.416 e. The Kier molecular flexibility index (Phi) is 5.17. The van der Waals surface area contributed by atoms with E-state index in [0.717, 1.165) is 12.1 Å². The van der Waals surface area contributed by atoms with Crippen LogP contribution in [0.2, 0.25) is 0 Å². The number of carbonyl (C=O) groups is 1. The van der Waals surface area contributed by atoms with Gasteiger partial charge >= 0.3 is 6.18 Å². The molecular formula is C19H18F3N5O. The highest BCUT2D eigenvalue weighted by molar-refractivity contribution is 5.98. The molecule has 0 fully saturated rings. The van der Waals surface area contributed by atoms with E-state index in [2.05, 4.69) is 25.6 Å². The molecule has 0 aliphatic carbocycles. The first kappa shape index (κ1) is 19.5. The fraction of sp³-hybridized carbons (Fsp3) is 0.263. The molecule has 0 radical (unpaired) electrons. The van der Waals surface area contributed by atoms with E-state index in [1.807, 2.05) is 0 Å². The lowest BCUT2D eigenvalue weighted by Gasteiger charge is -2.18. The van der Waals surface area contributed by atoms with Crippen LogP contribution in [0.3, 0.4) is 0 Å². The van der Waals surface area contributed by atoms with Gasteiger partial charge in [0.15, 0.2) is 0 Å². The standard InChI is InChI=1S/C19H18F3N5O/c1-10(12-5-4-6-13(7-12)19(20,21)22)25-17-14-8-15(18(28)23-3)24-9-16(14)26-11(2)27-17/h4-10H,1-3H3,(H,23,28)(H,25,26,27). The van der Waals surface area contributed by atoms with Gasteiger partial charge in [-0.3, -0.25) is 4.79 Å². The lowest BCUT2D eigenvalue weighted by Crippen LogP contribution is -2.19. The van der Waals surface area contributed by atoms with Crippen molar-refractivity contribution in [1.82, 2.24) is 20.3 Å². The average molecular weight is 389 g/mol. The maximum absolute atomic E-state index is 13.0. The van der Waals surface area contributed by atoms with Gasteiger partial charge in [0.2, 0.25) is 0 Å². The molecular weight excluding hydrogens is 371 g/mol. The lowest BCUT2D eigenvalue weighted by atomic mass is 10.0. The molecule has 2 N–H and O–H groups in total. The van der Waals surface area contributed by atoms with Gasteiger partial charge < -0.3 is 10.6 Å². The number of aromatic nitrogens is 3. The van der Waals surface area contributed by atoms with Crippen LogP contribution in [0.4, 0.5) is 19.0 Å². The number of rotatable bonds is 4. The Morgan fingerprint density at radius 3 is 2.61 bits per heavy atom. The molecule has 0 aliphatic heterocycles. The fourth-order valence-electron chi connectivity index (χ4n) is 2.78. The molecule has 2 heterocycles. The van der Waals surface area contributed by atoms with Crippen molar-refractivity contribution in [3.05, 3.63) is 59.2 Å². The number of fused-ring (bicyclic) bond motifs is 1. The van der Waals surface area contributed by atoms with Gasteiger partial charge in [-0.15, -0.1) is 0 Å². The van der Waals surface area contributed by atoms with Crippen molar-refractivity contribution in [1.29, 1.82) is 0 Å². The molecule has 9 heteroatoms. The second kappa shape index (κ2) is 7.41. The minimum atomic E-state index is -4.41. The van der Waals surface area contributed by atoms with Gasteiger partial charge in [-0.2, -0.15) is 13.2 Å². The number of nitrogens with zero attached hydrogens (tertiary/aromatic N) is 3. The van der Waals surface area contributed by atoms with E-state index in [4.69, 9.17) is 0 Å². The largest absolute Gasteiger partial charge is 0.416 e. The van der Waals surface area contributed by atoms with Crippen LogP contribution in [-0.4, -0.2) is 27.9 Å². The average Bonchev–Trinajstić information content (AvgIpc) is 2.66. The quantitative estimate of drug-likeness (QED) is 0.708. The van der Waals surface area contributed by atoms with Crippen LogP contribution < -0.4 is 10.6 Å². The molecule has 0 bridgehead atoms. The van der Waals surface area contributed by atoms with Crippen LogP contribution >= 0.6 is 0 Å². The predicted octanol–water partition coefficient (Wildman–Crippen LogP) is 3.88. The summed E-state index contributed by atoms with van der Waals surface area (Å²) >= 11 is 0. The zero-order chi connectivity index (χ0) is 20.5. The Balaban J connectivity index is 2.00. The van der Waals surface area contributed by atoms with Crippen molar-refractivity contribution in [2.24, 2.45) is 0 Å². The second-order valence-corrected chi connectivity index (χ2v) is 6.27. The first-order valence-electron chi connectivity index (χ1n) is 8.49. The van der Waals surface area contributed by atoms with Gasteiger partial charge in [0.1, 0.15) is 17.3 Å². The van der Waals surface area contributed by atoms with Crippen molar-refractivity contribution in [3.63, 3.8) is 0 Å². The molecule has 3 rings (SSSR count). The lowest BCUT2D eigenvalue weighted by molar-refractivity contribution is -0.137. The number of pyridine rings is 1. The van der Waals surface area contributed by atoms with Crippen LogP contribution in [0.5, 0.6) is 0 Å². The van der Waals surface area contributed by atoms with Crippen molar-refractivity contribution < 1.29 is 18.0 Å². The summed E-state index contributed by atoms with van der Waals surface area (Å²) in [6, 6.07) is 6.20. The summed E-state index contributed by atoms with van der Waals surface area (Å²) in [7, 11) is 1.49. The Morgan fingerprint density at radius 2 is 1.93 bits per heavy atom. The molecule has 146 valence electrons. The Labute approximate surface area is 159 Å². The molecule has 1 aromatic carbocycles. The highest BCUT2D eigenvalue weighted by atomic mass is 19.4. The summed E-state index contributed by atoms with van der Waals surface area (Å²) in [5, 5.41) is 6.18. The first-order chi connectivity index (χ1) is 13.2. The molecule has 0 spiro atoms. The molecule has 1 unspecified atom stereocenters. The van der Waals surface area contributed by atoms with Crippen LogP contribution in [0.1, 0.15) is 40.4 Å². The van der Waals surface area contributed by atoms with E-state index in [1.54, 1.807) is 26.0 Å². The summed E-state index contributed by atoms with van der Waals surface area (Å²) in [4.78, 5) is 24.6. The number of hydrogen-bond donors (Lipinski definition) is 2. The van der Waals surface area contributed by atoms with Crippen molar-refractivity contribution in [2.75, 3.05) is 12.4 Å². The minimum Gasteiger partial charge on any atom is -0.363 e. The molecule has 28 heavy (non-hydrogen) atoms. The minimum absolute atomic E-state index is 0.192. The normalized spacial score (nSPS) is 12.6. The maximum atomic E-state index is 13.0. The highest BCUT2D eigenvalue weighted by Gasteiger charge is 2.30. The molecule has 6 nitrogen and oxygen atoms in total. The van der Waals surface area contributed by atoms with Gasteiger partial charge in [0, 0.05) is 18.5 Å². The Bertz CT molecular complexity index is 1040. The smallest absolute Gasteiger partial charge is 0.363 e. The molecule has 1 atom stereocenters. The van der Waals surface area contributed by atoms with E-state index in [9.17, 15) is 18.0 Å². The summed E-state index contributed by atoms with van der Waals surface area (Å²) in [5.41, 5.74) is 0.462. The van der Waals surface area contributed by atoms with Gasteiger partial charge in [-0.1, -0.05) is 12.1 Å². The summed E-state index contributed by atoms with van der Waals surface area (Å²) in [6.45, 7) is 3.44. The molecule has 0 aliphatic rings. The molecule has 3 aromatic rings. The molecule has 2 aromatic heterocycles. The third-order valence-electron chi connectivity index (χ3n) is 4.22. The Morgan fingerprint density at radius 1 is 1.18 bits per heavy atom. The topological polar surface area (TPSA) is 79.8 Å². The highest BCUT2D eigenvalue weighted by Crippen LogP contribution is 2.32. The summed E-state index contributed by atoms with van der Waals surface area (Å²) in [6.07, 6.45) is -2.95. The van der Waals surface area contributed by atoms with Gasteiger partial charge in [-0.05, 0) is 37.6 Å². The van der Waals surface area contributed by atoms with Crippen LogP contribution in [0.15, 0.2) is 36.5 Å². The van der Waals surface area contributed by atoms with Gasteiger partial charge in [0.25, 0.3) is 5.91 Å². The van der Waals surface area contributed by atoms with Crippen LogP contribution in [0.25, 0.3) is 10.9 Å². The van der Waals surface area contributed by atoms with E-state index >= 15 is 0 Å². The van der Waals surface area contributed by atoms with Crippen molar-refractivity contribution in [2.45, 2.75) is 26.1 Å². The summed E-state index contributed by atoms with van der Waals surface area (Å²) < 4.78 is 39.0. The number of amides is 1. The van der Waals surface area contributed by atoms with Crippen molar-refractivity contribution in [3.8, 4) is 0 Å². The number of alkyl halides is 3. The third kappa shape index (κ3) is 4.03. The van der Waals surface area contributed by atoms with Crippen LogP contribution in [-0.2, 0) is 6.18 Å². The van der Waals surface area contributed by atoms with E-state index in [1.165, 1.54) is 19.3 Å². The van der Waals surface area contributed by atoms with E-state index in [-0.39, 0.29) is 11.6 Å². The van der Waals surface area contributed by atoms with Crippen molar-refractivity contribution >= 4 is 22.6 Å². The number of hydrogen-bond acceptors (Lipinski definition) is 5. The fourth-order valence-corrected chi connectivity index (χ4v) is 2.78. The van der Waals surface area contributed by atoms with E-state index < -0.39 is 17.8 Å². The number of halogens is 3.